The predicted octanol–water partition coefficient (Wildman–Crippen LogP) is 1.06. The normalized spacial score (nSPS) is 15.5. The van der Waals surface area contributed by atoms with Crippen LogP contribution in [0.25, 0.3) is 10.9 Å². The van der Waals surface area contributed by atoms with Crippen molar-refractivity contribution in [2.75, 3.05) is 31.2 Å². The van der Waals surface area contributed by atoms with Crippen molar-refractivity contribution in [2.24, 2.45) is 0 Å². The van der Waals surface area contributed by atoms with Gasteiger partial charge in [-0.15, -0.1) is 0 Å². The Morgan fingerprint density at radius 1 is 1.30 bits per heavy atom. The SMILES string of the molecule is O=C(O)c1cc(=O)c2cccc(N3CCOCC3)c2[nH]1. The van der Waals surface area contributed by atoms with Crippen LogP contribution in [-0.4, -0.2) is 42.4 Å². The number of fused-ring (bicyclic) bond motifs is 1. The number of carboxylic acid groups (broad SMARTS) is 1. The first-order valence-corrected chi connectivity index (χ1v) is 6.39. The number of hydrogen-bond acceptors (Lipinski definition) is 4. The second kappa shape index (κ2) is 4.97. The highest BCUT2D eigenvalue weighted by Crippen LogP contribution is 2.24. The smallest absolute Gasteiger partial charge is 0.352 e. The molecule has 0 spiro atoms. The number of nitrogens with zero attached hydrogens (tertiary/aromatic N) is 1. The van der Waals surface area contributed by atoms with Crippen molar-refractivity contribution < 1.29 is 14.6 Å². The van der Waals surface area contributed by atoms with E-state index in [1.54, 1.807) is 6.07 Å². The van der Waals surface area contributed by atoms with Crippen molar-refractivity contribution in [2.45, 2.75) is 0 Å². The van der Waals surface area contributed by atoms with Gasteiger partial charge in [0.1, 0.15) is 5.69 Å². The van der Waals surface area contributed by atoms with E-state index < -0.39 is 5.97 Å². The van der Waals surface area contributed by atoms with Crippen LogP contribution in [0.15, 0.2) is 29.1 Å². The number of carbonyl (C=O) groups is 1. The third kappa shape index (κ3) is 2.14. The number of hydrogen-bond donors (Lipinski definition) is 2. The van der Waals surface area contributed by atoms with Gasteiger partial charge in [0.2, 0.25) is 0 Å². The van der Waals surface area contributed by atoms with Gasteiger partial charge in [0.15, 0.2) is 5.43 Å². The summed E-state index contributed by atoms with van der Waals surface area (Å²) in [4.78, 5) is 28.0. The Kier molecular flexibility index (Phi) is 3.15. The van der Waals surface area contributed by atoms with E-state index in [0.29, 0.717) is 24.1 Å². The molecule has 104 valence electrons. The third-order valence-corrected chi connectivity index (χ3v) is 3.43. The number of anilines is 1. The van der Waals surface area contributed by atoms with Gasteiger partial charge in [0.25, 0.3) is 0 Å². The quantitative estimate of drug-likeness (QED) is 0.855. The van der Waals surface area contributed by atoms with Crippen LogP contribution in [0.2, 0.25) is 0 Å². The Morgan fingerprint density at radius 3 is 2.75 bits per heavy atom. The molecule has 2 heterocycles. The molecule has 2 aromatic rings. The first kappa shape index (κ1) is 12.7. The highest BCUT2D eigenvalue weighted by atomic mass is 16.5. The summed E-state index contributed by atoms with van der Waals surface area (Å²) in [6, 6.07) is 6.51. The summed E-state index contributed by atoms with van der Waals surface area (Å²) in [5.41, 5.74) is 1.03. The molecule has 2 N–H and O–H groups in total. The number of carboxylic acids is 1. The first-order chi connectivity index (χ1) is 9.66. The lowest BCUT2D eigenvalue weighted by molar-refractivity contribution is 0.0691. The Balaban J connectivity index is 2.21. The van der Waals surface area contributed by atoms with Gasteiger partial charge in [0, 0.05) is 24.5 Å². The van der Waals surface area contributed by atoms with Crippen LogP contribution in [0.3, 0.4) is 0 Å². The van der Waals surface area contributed by atoms with Crippen molar-refractivity contribution in [1.82, 2.24) is 4.98 Å². The number of aromatic nitrogens is 1. The molecule has 6 nitrogen and oxygen atoms in total. The van der Waals surface area contributed by atoms with E-state index >= 15 is 0 Å². The molecule has 0 amide bonds. The lowest BCUT2D eigenvalue weighted by Crippen LogP contribution is -2.36. The number of H-pyrrole nitrogens is 1. The number of rotatable bonds is 2. The molecule has 20 heavy (non-hydrogen) atoms. The molecule has 1 aromatic heterocycles. The van der Waals surface area contributed by atoms with Crippen LogP contribution in [0.5, 0.6) is 0 Å². The Morgan fingerprint density at radius 2 is 2.05 bits per heavy atom. The Hall–Kier alpha value is -2.34. The lowest BCUT2D eigenvalue weighted by atomic mass is 10.1. The Bertz CT molecular complexity index is 717. The second-order valence-electron chi connectivity index (χ2n) is 4.65. The van der Waals surface area contributed by atoms with Crippen LogP contribution in [0.1, 0.15) is 10.5 Å². The molecule has 0 aliphatic carbocycles. The molecule has 0 radical (unpaired) electrons. The summed E-state index contributed by atoms with van der Waals surface area (Å²) in [5, 5.41) is 9.57. The third-order valence-electron chi connectivity index (χ3n) is 3.43. The number of para-hydroxylation sites is 1. The molecule has 0 unspecified atom stereocenters. The van der Waals surface area contributed by atoms with E-state index in [-0.39, 0.29) is 11.1 Å². The molecule has 1 aromatic carbocycles. The minimum atomic E-state index is -1.14. The van der Waals surface area contributed by atoms with E-state index in [1.165, 1.54) is 0 Å². The van der Waals surface area contributed by atoms with E-state index in [2.05, 4.69) is 9.88 Å². The molecular formula is C14H14N2O4. The molecule has 0 atom stereocenters. The molecule has 3 rings (SSSR count). The number of morpholine rings is 1. The molecule has 1 aliphatic heterocycles. The summed E-state index contributed by atoms with van der Waals surface area (Å²) in [6.07, 6.45) is 0. The summed E-state index contributed by atoms with van der Waals surface area (Å²) in [5.74, 6) is -1.14. The summed E-state index contributed by atoms with van der Waals surface area (Å²) in [7, 11) is 0. The van der Waals surface area contributed by atoms with Crippen molar-refractivity contribution >= 4 is 22.6 Å². The van der Waals surface area contributed by atoms with Crippen molar-refractivity contribution in [3.05, 3.63) is 40.2 Å². The van der Waals surface area contributed by atoms with Crippen LogP contribution < -0.4 is 10.3 Å². The van der Waals surface area contributed by atoms with Gasteiger partial charge in [-0.05, 0) is 12.1 Å². The zero-order chi connectivity index (χ0) is 14.1. The topological polar surface area (TPSA) is 82.6 Å². The molecule has 1 saturated heterocycles. The van der Waals surface area contributed by atoms with Gasteiger partial charge in [-0.2, -0.15) is 0 Å². The largest absolute Gasteiger partial charge is 0.477 e. The molecule has 0 saturated carbocycles. The van der Waals surface area contributed by atoms with Crippen LogP contribution in [0.4, 0.5) is 5.69 Å². The molecular weight excluding hydrogens is 260 g/mol. The van der Waals surface area contributed by atoms with Gasteiger partial charge in [-0.25, -0.2) is 4.79 Å². The minimum Gasteiger partial charge on any atom is -0.477 e. The maximum absolute atomic E-state index is 12.0. The molecule has 1 aliphatic rings. The highest BCUT2D eigenvalue weighted by molar-refractivity contribution is 5.95. The van der Waals surface area contributed by atoms with Gasteiger partial charge in [-0.3, -0.25) is 4.79 Å². The highest BCUT2D eigenvalue weighted by Gasteiger charge is 2.16. The van der Waals surface area contributed by atoms with E-state index in [1.807, 2.05) is 12.1 Å². The second-order valence-corrected chi connectivity index (χ2v) is 4.65. The van der Waals surface area contributed by atoms with Crippen LogP contribution in [-0.2, 0) is 4.74 Å². The van der Waals surface area contributed by atoms with Gasteiger partial charge in [-0.1, -0.05) is 6.07 Å². The van der Waals surface area contributed by atoms with Gasteiger partial charge >= 0.3 is 5.97 Å². The summed E-state index contributed by atoms with van der Waals surface area (Å²) < 4.78 is 5.31. The maximum Gasteiger partial charge on any atom is 0.352 e. The van der Waals surface area contributed by atoms with E-state index in [9.17, 15) is 9.59 Å². The summed E-state index contributed by atoms with van der Waals surface area (Å²) >= 11 is 0. The number of aromatic carboxylic acids is 1. The van der Waals surface area contributed by atoms with E-state index in [0.717, 1.165) is 24.8 Å². The molecule has 0 bridgehead atoms. The average molecular weight is 274 g/mol. The zero-order valence-electron chi connectivity index (χ0n) is 10.8. The average Bonchev–Trinajstić information content (AvgIpc) is 2.47. The fourth-order valence-corrected chi connectivity index (χ4v) is 2.44. The number of ether oxygens (including phenoxy) is 1. The lowest BCUT2D eigenvalue weighted by Gasteiger charge is -2.29. The van der Waals surface area contributed by atoms with Gasteiger partial charge < -0.3 is 19.7 Å². The fourth-order valence-electron chi connectivity index (χ4n) is 2.44. The van der Waals surface area contributed by atoms with Gasteiger partial charge in [0.05, 0.1) is 24.4 Å². The number of aromatic amines is 1. The Labute approximate surface area is 114 Å². The fraction of sp³-hybridized carbons (Fsp3) is 0.286. The van der Waals surface area contributed by atoms with Crippen LogP contribution >= 0.6 is 0 Å². The first-order valence-electron chi connectivity index (χ1n) is 6.39. The molecule has 6 heteroatoms. The number of benzene rings is 1. The maximum atomic E-state index is 12.0. The van der Waals surface area contributed by atoms with Crippen molar-refractivity contribution in [3.8, 4) is 0 Å². The number of nitrogens with one attached hydrogen (secondary N) is 1. The minimum absolute atomic E-state index is 0.0943. The standard InChI is InChI=1S/C14H14N2O4/c17-12-8-10(14(18)19)15-13-9(12)2-1-3-11(13)16-4-6-20-7-5-16/h1-3,8H,4-7H2,(H,15,17)(H,18,19). The van der Waals surface area contributed by atoms with Crippen molar-refractivity contribution in [1.29, 1.82) is 0 Å². The number of pyridine rings is 1. The molecule has 1 fully saturated rings. The summed E-state index contributed by atoms with van der Waals surface area (Å²) in [6.45, 7) is 2.69. The predicted molar refractivity (Wildman–Crippen MR) is 74.6 cm³/mol. The van der Waals surface area contributed by atoms with Crippen molar-refractivity contribution in [3.63, 3.8) is 0 Å². The van der Waals surface area contributed by atoms with Crippen LogP contribution in [0, 0.1) is 0 Å². The monoisotopic (exact) mass is 274 g/mol. The zero-order valence-corrected chi connectivity index (χ0v) is 10.8. The van der Waals surface area contributed by atoms with E-state index in [4.69, 9.17) is 9.84 Å².